The van der Waals surface area contributed by atoms with E-state index in [0.29, 0.717) is 26.3 Å². The van der Waals surface area contributed by atoms with Crippen LogP contribution in [0.3, 0.4) is 0 Å². The first-order valence-electron chi connectivity index (χ1n) is 4.69. The molecule has 0 spiro atoms. The van der Waals surface area contributed by atoms with Gasteiger partial charge in [-0.1, -0.05) is 34.8 Å². The fourth-order valence-corrected chi connectivity index (χ4v) is 1.98. The fraction of sp³-hybridized carbons (Fsp3) is 0.875. The van der Waals surface area contributed by atoms with Crippen LogP contribution in [0.15, 0.2) is 0 Å². The zero-order chi connectivity index (χ0) is 12.2. The highest BCUT2D eigenvalue weighted by Crippen LogP contribution is 2.32. The van der Waals surface area contributed by atoms with E-state index in [2.05, 4.69) is 5.32 Å². The molecule has 8 heteroatoms. The maximum absolute atomic E-state index is 12.1. The van der Waals surface area contributed by atoms with Gasteiger partial charge in [0.05, 0.1) is 13.2 Å². The predicted molar refractivity (Wildman–Crippen MR) is 60.6 cm³/mol. The Balaban J connectivity index is 2.66. The molecule has 1 rings (SSSR count). The van der Waals surface area contributed by atoms with Crippen molar-refractivity contribution in [3.05, 3.63) is 0 Å². The Morgan fingerprint density at radius 2 is 2.00 bits per heavy atom. The first kappa shape index (κ1) is 14.3. The molecular weight excluding hydrogens is 281 g/mol. The zero-order valence-electron chi connectivity index (χ0n) is 8.39. The van der Waals surface area contributed by atoms with Crippen molar-refractivity contribution in [1.29, 1.82) is 0 Å². The molecule has 1 aliphatic heterocycles. The number of hydrogen-bond acceptors (Lipinski definition) is 3. The van der Waals surface area contributed by atoms with Gasteiger partial charge in [0.1, 0.15) is 6.17 Å². The summed E-state index contributed by atoms with van der Waals surface area (Å²) >= 11 is 17.2. The summed E-state index contributed by atoms with van der Waals surface area (Å²) in [5.41, 5.74) is 0. The van der Waals surface area contributed by atoms with E-state index >= 15 is 0 Å². The molecule has 1 amide bonds. The lowest BCUT2D eigenvalue weighted by molar-refractivity contribution is -0.124. The lowest BCUT2D eigenvalue weighted by atomic mass is 10.3. The maximum Gasteiger partial charge on any atom is 0.252 e. The summed E-state index contributed by atoms with van der Waals surface area (Å²) < 4.78 is 15.5. The Bertz CT molecular complexity index is 244. The van der Waals surface area contributed by atoms with Crippen LogP contribution in [0.2, 0.25) is 0 Å². The van der Waals surface area contributed by atoms with Crippen LogP contribution in [0.5, 0.6) is 0 Å². The monoisotopic (exact) mass is 292 g/mol. The van der Waals surface area contributed by atoms with Gasteiger partial charge in [-0.2, -0.15) is 0 Å². The Morgan fingerprint density at radius 1 is 1.44 bits per heavy atom. The second kappa shape index (κ2) is 6.21. The average Bonchev–Trinajstić information content (AvgIpc) is 2.25. The molecule has 0 unspecified atom stereocenters. The molecule has 0 radical (unpaired) electrons. The van der Waals surface area contributed by atoms with E-state index in [0.717, 1.165) is 0 Å². The summed E-state index contributed by atoms with van der Waals surface area (Å²) in [6, 6.07) is 0. The number of nitrogens with one attached hydrogen (secondary N) is 1. The molecule has 1 N–H and O–H groups in total. The third-order valence-corrected chi connectivity index (χ3v) is 2.76. The molecule has 4 nitrogen and oxygen atoms in total. The van der Waals surface area contributed by atoms with Crippen molar-refractivity contribution in [2.24, 2.45) is 0 Å². The largest absolute Gasteiger partial charge is 0.379 e. The van der Waals surface area contributed by atoms with E-state index in [-0.39, 0.29) is 0 Å². The van der Waals surface area contributed by atoms with Crippen LogP contribution in [-0.2, 0) is 9.53 Å². The van der Waals surface area contributed by atoms with Crippen molar-refractivity contribution < 1.29 is 13.9 Å². The molecule has 0 aliphatic carbocycles. The minimum Gasteiger partial charge on any atom is -0.379 e. The number of carbonyl (C=O) groups is 1. The normalized spacial score (nSPS) is 20.5. The summed E-state index contributed by atoms with van der Waals surface area (Å²) in [6.45, 7) is 0.878. The van der Waals surface area contributed by atoms with Crippen molar-refractivity contribution in [3.63, 3.8) is 0 Å². The number of morpholine rings is 1. The Kier molecular flexibility index (Phi) is 5.53. The van der Waals surface area contributed by atoms with E-state index in [1.165, 1.54) is 0 Å². The third kappa shape index (κ3) is 4.22. The van der Waals surface area contributed by atoms with Gasteiger partial charge in [-0.05, 0) is 0 Å². The summed E-state index contributed by atoms with van der Waals surface area (Å²) in [7, 11) is 0. The fourth-order valence-electron chi connectivity index (χ4n) is 1.41. The highest BCUT2D eigenvalue weighted by Gasteiger charge is 2.38. The molecule has 1 heterocycles. The second-order valence-electron chi connectivity index (χ2n) is 3.29. The van der Waals surface area contributed by atoms with Crippen LogP contribution < -0.4 is 5.32 Å². The first-order chi connectivity index (χ1) is 7.45. The first-order valence-corrected chi connectivity index (χ1v) is 5.82. The summed E-state index contributed by atoms with van der Waals surface area (Å²) in [5.74, 6) is -0.803. The van der Waals surface area contributed by atoms with Crippen LogP contribution in [0.4, 0.5) is 4.39 Å². The highest BCUT2D eigenvalue weighted by atomic mass is 35.6. The predicted octanol–water partition coefficient (Wildman–Crippen LogP) is 1.10. The molecule has 0 bridgehead atoms. The van der Waals surface area contributed by atoms with Gasteiger partial charge < -0.3 is 10.1 Å². The number of ether oxygens (including phenoxy) is 1. The molecule has 1 aliphatic rings. The lowest BCUT2D eigenvalue weighted by Gasteiger charge is -2.38. The quantitative estimate of drug-likeness (QED) is 0.792. The number of halogens is 4. The third-order valence-electron chi connectivity index (χ3n) is 2.14. The number of hydrogen-bond donors (Lipinski definition) is 1. The number of carbonyl (C=O) groups excluding carboxylic acids is 1. The van der Waals surface area contributed by atoms with Gasteiger partial charge in [-0.15, -0.1) is 0 Å². The maximum atomic E-state index is 12.1. The molecule has 0 aromatic carbocycles. The molecule has 94 valence electrons. The molecular formula is C8H12Cl3FN2O2. The van der Waals surface area contributed by atoms with Gasteiger partial charge in [0.25, 0.3) is 5.91 Å². The molecule has 1 saturated heterocycles. The highest BCUT2D eigenvalue weighted by molar-refractivity contribution is 6.68. The molecule has 0 aromatic rings. The zero-order valence-corrected chi connectivity index (χ0v) is 10.7. The molecule has 0 saturated carbocycles. The van der Waals surface area contributed by atoms with Gasteiger partial charge >= 0.3 is 0 Å². The lowest BCUT2D eigenvalue weighted by Crippen LogP contribution is -2.58. The van der Waals surface area contributed by atoms with E-state index in [1.807, 2.05) is 0 Å². The minimum atomic E-state index is -1.71. The van der Waals surface area contributed by atoms with Crippen LogP contribution >= 0.6 is 34.8 Å². The van der Waals surface area contributed by atoms with Gasteiger partial charge in [-0.3, -0.25) is 9.69 Å². The summed E-state index contributed by atoms with van der Waals surface area (Å²) in [4.78, 5) is 12.7. The van der Waals surface area contributed by atoms with Crippen LogP contribution in [0, 0.1) is 0 Å². The number of alkyl halides is 4. The number of rotatable bonds is 3. The van der Waals surface area contributed by atoms with Crippen molar-refractivity contribution in [2.75, 3.05) is 33.0 Å². The van der Waals surface area contributed by atoms with Crippen LogP contribution in [0.1, 0.15) is 0 Å². The Labute approximate surface area is 108 Å². The van der Waals surface area contributed by atoms with E-state index < -0.39 is 22.5 Å². The van der Waals surface area contributed by atoms with Gasteiger partial charge in [0.15, 0.2) is 6.67 Å². The molecule has 1 atom stereocenters. The topological polar surface area (TPSA) is 41.6 Å². The molecule has 1 fully saturated rings. The van der Waals surface area contributed by atoms with E-state index in [4.69, 9.17) is 39.5 Å². The Morgan fingerprint density at radius 3 is 2.44 bits per heavy atom. The minimum absolute atomic E-state index is 0.489. The Hall–Kier alpha value is 0.190. The van der Waals surface area contributed by atoms with Crippen LogP contribution in [-0.4, -0.2) is 53.7 Å². The SMILES string of the molecule is O=C(CF)N[C@@H](N1CCOCC1)C(Cl)(Cl)Cl. The number of nitrogens with zero attached hydrogens (tertiary/aromatic N) is 1. The average molecular weight is 294 g/mol. The molecule has 0 aromatic heterocycles. The second-order valence-corrected chi connectivity index (χ2v) is 5.66. The smallest absolute Gasteiger partial charge is 0.252 e. The standard InChI is InChI=1S/C8H12Cl3FN2O2/c9-8(10,11)7(13-6(15)5-12)14-1-3-16-4-2-14/h7H,1-5H2,(H,13,15)/t7-/m0/s1. The van der Waals surface area contributed by atoms with Crippen molar-refractivity contribution >= 4 is 40.7 Å². The summed E-state index contributed by atoms with van der Waals surface area (Å²) in [6.07, 6.45) is -0.843. The van der Waals surface area contributed by atoms with Gasteiger partial charge in [0.2, 0.25) is 3.79 Å². The van der Waals surface area contributed by atoms with Gasteiger partial charge in [-0.25, -0.2) is 4.39 Å². The van der Waals surface area contributed by atoms with Crippen LogP contribution in [0.25, 0.3) is 0 Å². The molecule has 16 heavy (non-hydrogen) atoms. The van der Waals surface area contributed by atoms with Gasteiger partial charge in [0, 0.05) is 13.1 Å². The number of amides is 1. The summed E-state index contributed by atoms with van der Waals surface area (Å²) in [5, 5.41) is 2.34. The van der Waals surface area contributed by atoms with Crippen molar-refractivity contribution in [3.8, 4) is 0 Å². The van der Waals surface area contributed by atoms with E-state index in [1.54, 1.807) is 4.90 Å². The van der Waals surface area contributed by atoms with Crippen molar-refractivity contribution in [2.45, 2.75) is 9.96 Å². The van der Waals surface area contributed by atoms with E-state index in [9.17, 15) is 9.18 Å². The van der Waals surface area contributed by atoms with Crippen molar-refractivity contribution in [1.82, 2.24) is 10.2 Å².